The number of amides is 1. The molecular formula is C13H11FN4O3. The first-order valence-electron chi connectivity index (χ1n) is 5.86. The maximum absolute atomic E-state index is 13.0. The number of nitro groups is 1. The summed E-state index contributed by atoms with van der Waals surface area (Å²) in [5, 5.41) is 13.4. The van der Waals surface area contributed by atoms with Crippen molar-refractivity contribution in [2.24, 2.45) is 0 Å². The van der Waals surface area contributed by atoms with E-state index in [0.29, 0.717) is 11.3 Å². The SMILES string of the molecule is Cc1cc(F)ccc1NC(=O)c1cc(N)ncc1[N+](=O)[O-]. The third-order valence-electron chi connectivity index (χ3n) is 2.78. The van der Waals surface area contributed by atoms with Gasteiger partial charge in [-0.2, -0.15) is 0 Å². The number of carbonyl (C=O) groups excluding carboxylic acids is 1. The molecule has 1 amide bonds. The van der Waals surface area contributed by atoms with Gasteiger partial charge in [0.25, 0.3) is 11.6 Å². The van der Waals surface area contributed by atoms with Gasteiger partial charge in [-0.25, -0.2) is 9.37 Å². The molecule has 0 atom stereocenters. The fraction of sp³-hybridized carbons (Fsp3) is 0.0769. The number of nitrogens with one attached hydrogen (secondary N) is 1. The summed E-state index contributed by atoms with van der Waals surface area (Å²) in [4.78, 5) is 25.9. The van der Waals surface area contributed by atoms with Crippen molar-refractivity contribution in [3.63, 3.8) is 0 Å². The Labute approximate surface area is 118 Å². The number of halogens is 1. The largest absolute Gasteiger partial charge is 0.384 e. The third-order valence-corrected chi connectivity index (χ3v) is 2.78. The van der Waals surface area contributed by atoms with Crippen LogP contribution in [0.1, 0.15) is 15.9 Å². The second kappa shape index (κ2) is 5.53. The number of benzene rings is 1. The highest BCUT2D eigenvalue weighted by Crippen LogP contribution is 2.22. The molecule has 0 saturated heterocycles. The Hall–Kier alpha value is -3.03. The molecule has 0 bridgehead atoms. The van der Waals surface area contributed by atoms with E-state index in [2.05, 4.69) is 10.3 Å². The molecule has 1 aromatic carbocycles. The highest BCUT2D eigenvalue weighted by atomic mass is 19.1. The predicted molar refractivity (Wildman–Crippen MR) is 74.4 cm³/mol. The van der Waals surface area contributed by atoms with Crippen LogP contribution in [0.4, 0.5) is 21.6 Å². The number of carbonyl (C=O) groups is 1. The molecular weight excluding hydrogens is 279 g/mol. The van der Waals surface area contributed by atoms with E-state index in [1.807, 2.05) is 0 Å². The van der Waals surface area contributed by atoms with E-state index in [9.17, 15) is 19.3 Å². The lowest BCUT2D eigenvalue weighted by molar-refractivity contribution is -0.385. The normalized spacial score (nSPS) is 10.2. The maximum Gasteiger partial charge on any atom is 0.300 e. The lowest BCUT2D eigenvalue weighted by atomic mass is 10.1. The number of anilines is 2. The van der Waals surface area contributed by atoms with Crippen molar-refractivity contribution in [2.75, 3.05) is 11.1 Å². The molecule has 0 spiro atoms. The van der Waals surface area contributed by atoms with Crippen molar-refractivity contribution in [3.05, 3.63) is 57.5 Å². The van der Waals surface area contributed by atoms with Crippen molar-refractivity contribution in [3.8, 4) is 0 Å². The van der Waals surface area contributed by atoms with Crippen LogP contribution < -0.4 is 11.1 Å². The minimum atomic E-state index is -0.723. The standard InChI is InChI=1S/C13H11FN4O3/c1-7-4-8(14)2-3-10(7)17-13(19)9-5-12(15)16-6-11(9)18(20)21/h2-6H,1H3,(H2,15,16)(H,17,19). The molecule has 7 nitrogen and oxygen atoms in total. The number of hydrogen-bond acceptors (Lipinski definition) is 5. The second-order valence-corrected chi connectivity index (χ2v) is 4.30. The summed E-state index contributed by atoms with van der Waals surface area (Å²) in [7, 11) is 0. The second-order valence-electron chi connectivity index (χ2n) is 4.30. The molecule has 0 radical (unpaired) electrons. The molecule has 0 unspecified atom stereocenters. The van der Waals surface area contributed by atoms with Gasteiger partial charge in [-0.05, 0) is 36.8 Å². The van der Waals surface area contributed by atoms with Gasteiger partial charge in [-0.1, -0.05) is 0 Å². The number of nitrogen functional groups attached to an aromatic ring is 1. The number of aryl methyl sites for hydroxylation is 1. The minimum Gasteiger partial charge on any atom is -0.384 e. The summed E-state index contributed by atoms with van der Waals surface area (Å²) in [5.74, 6) is -1.17. The van der Waals surface area contributed by atoms with Crippen LogP contribution in [0.3, 0.4) is 0 Å². The zero-order valence-corrected chi connectivity index (χ0v) is 11.0. The van der Waals surface area contributed by atoms with Gasteiger partial charge in [0.05, 0.1) is 4.92 Å². The molecule has 0 aliphatic carbocycles. The molecule has 21 heavy (non-hydrogen) atoms. The van der Waals surface area contributed by atoms with Crippen molar-refractivity contribution >= 4 is 23.1 Å². The van der Waals surface area contributed by atoms with Gasteiger partial charge in [0.1, 0.15) is 23.4 Å². The number of pyridine rings is 1. The van der Waals surface area contributed by atoms with Crippen LogP contribution in [0.15, 0.2) is 30.5 Å². The molecule has 1 heterocycles. The van der Waals surface area contributed by atoms with Crippen LogP contribution in [0.5, 0.6) is 0 Å². The van der Waals surface area contributed by atoms with E-state index < -0.39 is 22.3 Å². The molecule has 2 aromatic rings. The molecule has 0 fully saturated rings. The van der Waals surface area contributed by atoms with Crippen LogP contribution in [-0.2, 0) is 0 Å². The van der Waals surface area contributed by atoms with Crippen molar-refractivity contribution in [1.29, 1.82) is 0 Å². The minimum absolute atomic E-state index is 0.0124. The van der Waals surface area contributed by atoms with Crippen molar-refractivity contribution < 1.29 is 14.1 Å². The molecule has 8 heteroatoms. The molecule has 2 rings (SSSR count). The summed E-state index contributed by atoms with van der Waals surface area (Å²) in [5.41, 5.74) is 5.62. The monoisotopic (exact) mass is 290 g/mol. The Morgan fingerprint density at radius 2 is 2.14 bits per heavy atom. The predicted octanol–water partition coefficient (Wildman–Crippen LogP) is 2.27. The van der Waals surface area contributed by atoms with Gasteiger partial charge in [0, 0.05) is 5.69 Å². The van der Waals surface area contributed by atoms with E-state index in [1.54, 1.807) is 6.92 Å². The zero-order valence-electron chi connectivity index (χ0n) is 11.0. The van der Waals surface area contributed by atoms with Gasteiger partial charge in [-0.3, -0.25) is 14.9 Å². The van der Waals surface area contributed by atoms with Gasteiger partial charge in [0.15, 0.2) is 0 Å². The molecule has 0 saturated carbocycles. The molecule has 0 aliphatic heterocycles. The van der Waals surface area contributed by atoms with Crippen LogP contribution in [0.2, 0.25) is 0 Å². The quantitative estimate of drug-likeness (QED) is 0.665. The number of nitrogens with two attached hydrogens (primary N) is 1. The number of nitrogens with zero attached hydrogens (tertiary/aromatic N) is 2. The van der Waals surface area contributed by atoms with Crippen LogP contribution in [0.25, 0.3) is 0 Å². The van der Waals surface area contributed by atoms with E-state index in [4.69, 9.17) is 5.73 Å². The number of rotatable bonds is 3. The van der Waals surface area contributed by atoms with Crippen LogP contribution in [-0.4, -0.2) is 15.8 Å². The van der Waals surface area contributed by atoms with E-state index in [0.717, 1.165) is 12.3 Å². The van der Waals surface area contributed by atoms with Gasteiger partial charge < -0.3 is 11.1 Å². The van der Waals surface area contributed by atoms with Crippen molar-refractivity contribution in [1.82, 2.24) is 4.98 Å². The lowest BCUT2D eigenvalue weighted by Crippen LogP contribution is -2.15. The Balaban J connectivity index is 2.36. The number of hydrogen-bond donors (Lipinski definition) is 2. The maximum atomic E-state index is 13.0. The Bertz CT molecular complexity index is 733. The first-order valence-corrected chi connectivity index (χ1v) is 5.86. The highest BCUT2D eigenvalue weighted by molar-refractivity contribution is 6.07. The van der Waals surface area contributed by atoms with Crippen LogP contribution in [0, 0.1) is 22.9 Å². The van der Waals surface area contributed by atoms with Crippen molar-refractivity contribution in [2.45, 2.75) is 6.92 Å². The lowest BCUT2D eigenvalue weighted by Gasteiger charge is -2.09. The van der Waals surface area contributed by atoms with Gasteiger partial charge >= 0.3 is 0 Å². The summed E-state index contributed by atoms with van der Waals surface area (Å²) < 4.78 is 13.0. The Morgan fingerprint density at radius 1 is 1.43 bits per heavy atom. The van der Waals surface area contributed by atoms with Crippen LogP contribution >= 0.6 is 0 Å². The average Bonchev–Trinajstić information content (AvgIpc) is 2.41. The molecule has 0 aliphatic rings. The zero-order chi connectivity index (χ0) is 15.6. The summed E-state index contributed by atoms with van der Waals surface area (Å²) in [6.07, 6.45) is 0.918. The molecule has 108 valence electrons. The average molecular weight is 290 g/mol. The molecule has 1 aromatic heterocycles. The molecule has 3 N–H and O–H groups in total. The first-order chi connectivity index (χ1) is 9.88. The highest BCUT2D eigenvalue weighted by Gasteiger charge is 2.21. The third kappa shape index (κ3) is 3.11. The van der Waals surface area contributed by atoms with Gasteiger partial charge in [-0.15, -0.1) is 0 Å². The van der Waals surface area contributed by atoms with E-state index in [-0.39, 0.29) is 11.4 Å². The van der Waals surface area contributed by atoms with E-state index in [1.165, 1.54) is 18.2 Å². The Morgan fingerprint density at radius 3 is 2.76 bits per heavy atom. The van der Waals surface area contributed by atoms with Gasteiger partial charge in [0.2, 0.25) is 0 Å². The summed E-state index contributed by atoms with van der Waals surface area (Å²) in [6, 6.07) is 4.91. The van der Waals surface area contributed by atoms with E-state index >= 15 is 0 Å². The fourth-order valence-electron chi connectivity index (χ4n) is 1.75. The topological polar surface area (TPSA) is 111 Å². The number of aromatic nitrogens is 1. The summed E-state index contributed by atoms with van der Waals surface area (Å²) in [6.45, 7) is 1.61. The smallest absolute Gasteiger partial charge is 0.300 e. The Kier molecular flexibility index (Phi) is 3.79. The first kappa shape index (κ1) is 14.4. The fourth-order valence-corrected chi connectivity index (χ4v) is 1.75. The summed E-state index contributed by atoms with van der Waals surface area (Å²) >= 11 is 0.